The molecule has 0 N–H and O–H groups in total. The maximum atomic E-state index is 0. The minimum Gasteiger partial charge on any atom is 0 e. The summed E-state index contributed by atoms with van der Waals surface area (Å²) in [7, 11) is 0. The predicted molar refractivity (Wildman–Crippen MR) is 16.9 cm³/mol. The van der Waals surface area contributed by atoms with Gasteiger partial charge in [0.15, 0.2) is 0 Å². The minimum atomic E-state index is 0. The number of nitrogens with zero attached hydrogens (tertiary/aromatic N) is 1. The van der Waals surface area contributed by atoms with Gasteiger partial charge in [-0.2, -0.15) is 0 Å². The van der Waals surface area contributed by atoms with Crippen molar-refractivity contribution in [3.63, 3.8) is 0 Å². The molecule has 0 aliphatic carbocycles. The van der Waals surface area contributed by atoms with Gasteiger partial charge < -0.3 is 0 Å². The van der Waals surface area contributed by atoms with Crippen molar-refractivity contribution in [3.8, 4) is 0 Å². The zero-order chi connectivity index (χ0) is 0. The zero-order valence-electron chi connectivity index (χ0n) is 1.86. The molecule has 4 heavy (non-hydrogen) atoms. The maximum Gasteiger partial charge on any atom is 0 e. The Labute approximate surface area is 54.8 Å². The second-order valence-electron chi connectivity index (χ2n) is 0. The molecule has 0 heterocycles. The van der Waals surface area contributed by atoms with Gasteiger partial charge in [0.2, 0.25) is 0 Å². The Morgan fingerprint density at radius 2 is 1.00 bits per heavy atom. The first kappa shape index (κ1) is 58.4. The molecule has 0 aliphatic heterocycles. The van der Waals surface area contributed by atoms with Crippen molar-refractivity contribution in [1.82, 2.24) is 6.15 Å². The summed E-state index contributed by atoms with van der Waals surface area (Å²) in [4.78, 5) is 0. The smallest absolute Gasteiger partial charge is 0 e. The van der Waals surface area contributed by atoms with Crippen LogP contribution in [-0.2, 0) is 0 Å². The Bertz CT molecular complexity index is 8.00. The Kier molecular flexibility index (Phi) is 407. The van der Waals surface area contributed by atoms with Gasteiger partial charge in [0.25, 0.3) is 0 Å². The number of hydrogen-bond donors (Lipinski definition) is 0. The van der Waals surface area contributed by atoms with E-state index in [1.807, 2.05) is 0 Å². The normalized spacial score (nSPS) is 0. The fourth-order valence-electron chi connectivity index (χ4n) is 0. The van der Waals surface area contributed by atoms with Crippen LogP contribution >= 0.6 is 0 Å². The average molecular weight is 226 g/mol. The van der Waals surface area contributed by atoms with Gasteiger partial charge in [0.05, 0.1) is 0 Å². The Hall–Kier alpha value is 1.29. The van der Waals surface area contributed by atoms with Crippen molar-refractivity contribution in [2.75, 3.05) is 0 Å². The molecule has 0 spiro atoms. The topological polar surface area (TPSA) is 30.5 Å². The van der Waals surface area contributed by atoms with Crippen LogP contribution < -0.4 is 6.15 Å². The molecule has 19 valence electrons. The van der Waals surface area contributed by atoms with Crippen LogP contribution in [0.1, 0.15) is 0 Å². The third-order valence-corrected chi connectivity index (χ3v) is 0. The van der Waals surface area contributed by atoms with Crippen LogP contribution in [0.5, 0.6) is 0 Å². The molecule has 0 aromatic heterocycles. The van der Waals surface area contributed by atoms with Gasteiger partial charge in [0.1, 0.15) is 0 Å². The molecule has 3 heteroatoms. The summed E-state index contributed by atoms with van der Waals surface area (Å²) in [5.41, 5.74) is 0. The van der Waals surface area contributed by atoms with Crippen LogP contribution in [-0.4, -0.2) is 41.3 Å². The molecule has 0 saturated heterocycles. The van der Waals surface area contributed by atoms with Gasteiger partial charge in [-0.05, 0) is 0 Å². The van der Waals surface area contributed by atoms with Crippen molar-refractivity contribution < 1.29 is 0 Å². The Balaban J connectivity index is 0. The fourth-order valence-corrected chi connectivity index (χ4v) is 0. The molecule has 0 aliphatic rings. The maximum absolute atomic E-state index is 0. The molecular weight excluding hydrogens is 226 g/mol. The van der Waals surface area contributed by atoms with Crippen LogP contribution in [0.3, 0.4) is 0 Å². The van der Waals surface area contributed by atoms with Gasteiger partial charge in [-0.1, -0.05) is 0 Å². The van der Waals surface area contributed by atoms with Gasteiger partial charge in [0, 0.05) is 54.8 Å². The number of rotatable bonds is 0. The molecule has 0 rings (SSSR count). The van der Waals surface area contributed by atoms with E-state index in [1.165, 1.54) is 0 Å². The molecule has 0 fully saturated rings. The number of hydrogen-bond acceptors (Lipinski definition) is 0. The molecule has 0 unspecified atom stereocenters. The SMILES string of the molecule is [C].[Ge].[N].[Te]. The summed E-state index contributed by atoms with van der Waals surface area (Å²) < 4.78 is 0. The third-order valence-electron chi connectivity index (χ3n) is 0. The van der Waals surface area contributed by atoms with Crippen molar-refractivity contribution in [3.05, 3.63) is 7.43 Å². The monoisotopic (exact) mass is 230 g/mol. The first-order valence-electron chi connectivity index (χ1n) is 0. The van der Waals surface area contributed by atoms with Crippen molar-refractivity contribution >= 4 is 41.3 Å². The first-order chi connectivity index (χ1) is 0. The summed E-state index contributed by atoms with van der Waals surface area (Å²) in [5.74, 6) is 0. The van der Waals surface area contributed by atoms with Gasteiger partial charge in [-0.25, -0.2) is 0 Å². The molecule has 0 saturated carbocycles. The first-order valence-corrected chi connectivity index (χ1v) is 0. The average Bonchev–Trinajstić information content (AvgIpc) is 0. The second-order valence-corrected chi connectivity index (χ2v) is 0. The molecule has 0 aromatic rings. The van der Waals surface area contributed by atoms with E-state index in [0.29, 0.717) is 0 Å². The summed E-state index contributed by atoms with van der Waals surface area (Å²) in [5, 5.41) is 0. The van der Waals surface area contributed by atoms with Crippen LogP contribution in [0.15, 0.2) is 0 Å². The second kappa shape index (κ2) is 27.9. The molecule has 0 atom stereocenters. The van der Waals surface area contributed by atoms with E-state index in [-0.39, 0.29) is 54.8 Å². The van der Waals surface area contributed by atoms with Crippen molar-refractivity contribution in [1.29, 1.82) is 0 Å². The van der Waals surface area contributed by atoms with E-state index in [4.69, 9.17) is 0 Å². The molecular formula is CGeNTe. The standard InChI is InChI=1S/C.Ge.N.Te. The van der Waals surface area contributed by atoms with Crippen LogP contribution in [0.4, 0.5) is 0 Å². The van der Waals surface area contributed by atoms with Crippen molar-refractivity contribution in [2.45, 2.75) is 0 Å². The summed E-state index contributed by atoms with van der Waals surface area (Å²) in [6, 6.07) is 0. The summed E-state index contributed by atoms with van der Waals surface area (Å²) >= 11 is 0. The molecule has 0 bridgehead atoms. The largest absolute Gasteiger partial charge is 0 e. The Morgan fingerprint density at radius 1 is 1.00 bits per heavy atom. The molecule has 1 nitrogen and oxygen atoms in total. The van der Waals surface area contributed by atoms with E-state index in [9.17, 15) is 0 Å². The molecule has 0 aromatic carbocycles. The third kappa shape index (κ3) is 10.4. The predicted octanol–water partition coefficient (Wildman–Crippen LogP) is -1.16. The summed E-state index contributed by atoms with van der Waals surface area (Å²) in [6.45, 7) is 0. The van der Waals surface area contributed by atoms with Gasteiger partial charge in [-0.3, -0.25) is 0 Å². The van der Waals surface area contributed by atoms with E-state index in [0.717, 1.165) is 0 Å². The minimum absolute atomic E-state index is 0. The Morgan fingerprint density at radius 3 is 1.00 bits per heavy atom. The van der Waals surface area contributed by atoms with E-state index < -0.39 is 0 Å². The van der Waals surface area contributed by atoms with Crippen LogP contribution in [0.25, 0.3) is 0 Å². The zero-order valence-corrected chi connectivity index (χ0v) is 6.28. The quantitative estimate of drug-likeness (QED) is 0.466. The van der Waals surface area contributed by atoms with Gasteiger partial charge in [-0.15, -0.1) is 0 Å². The summed E-state index contributed by atoms with van der Waals surface area (Å²) in [6.07, 6.45) is 0. The van der Waals surface area contributed by atoms with E-state index in [2.05, 4.69) is 0 Å². The van der Waals surface area contributed by atoms with E-state index in [1.54, 1.807) is 0 Å². The van der Waals surface area contributed by atoms with Crippen LogP contribution in [0, 0.1) is 7.43 Å². The molecule has 13 radical (unpaired) electrons. The van der Waals surface area contributed by atoms with Crippen LogP contribution in [0.2, 0.25) is 0 Å². The van der Waals surface area contributed by atoms with Crippen molar-refractivity contribution in [2.24, 2.45) is 0 Å². The molecule has 0 amide bonds. The fraction of sp³-hybridized carbons (Fsp3) is 0. The van der Waals surface area contributed by atoms with E-state index >= 15 is 0 Å². The van der Waals surface area contributed by atoms with Gasteiger partial charge >= 0.3 is 0 Å².